The van der Waals surface area contributed by atoms with E-state index in [2.05, 4.69) is 4.74 Å². The summed E-state index contributed by atoms with van der Waals surface area (Å²) >= 11 is 0. The lowest BCUT2D eigenvalue weighted by Gasteiger charge is -2.14. The van der Waals surface area contributed by atoms with Crippen LogP contribution in [-0.2, 0) is 4.74 Å². The van der Waals surface area contributed by atoms with E-state index in [1.165, 1.54) is 4.90 Å². The molecule has 1 aliphatic rings. The third kappa shape index (κ3) is 1.19. The molecule has 0 aromatic heterocycles. The second kappa shape index (κ2) is 2.85. The van der Waals surface area contributed by atoms with Gasteiger partial charge in [-0.05, 0) is 0 Å². The topological polar surface area (TPSA) is 75.8 Å². The van der Waals surface area contributed by atoms with Gasteiger partial charge in [-0.15, -0.1) is 0 Å². The zero-order valence-electron chi connectivity index (χ0n) is 5.49. The van der Waals surface area contributed by atoms with E-state index in [0.29, 0.717) is 13.1 Å². The molecule has 0 aromatic carbocycles. The van der Waals surface area contributed by atoms with Gasteiger partial charge in [0.15, 0.2) is 6.23 Å². The number of aliphatic hydroxyl groups excluding tert-OH is 1. The van der Waals surface area contributed by atoms with Gasteiger partial charge in [-0.2, -0.15) is 0 Å². The molecule has 0 bridgehead atoms. The minimum Gasteiger partial charge on any atom is -0.445 e. The predicted octanol–water partition coefficient (Wildman–Crippen LogP) is -1.28. The molecule has 1 rings (SSSR count). The molecule has 5 nitrogen and oxygen atoms in total. The standard InChI is InChI=1S/C5H10N2O3/c6-1-2-7-4(8)3-10-5(7)9/h4,8H,1-3,6H2. The molecule has 5 heteroatoms. The third-order valence-corrected chi connectivity index (χ3v) is 1.32. The lowest BCUT2D eigenvalue weighted by atomic mass is 10.5. The molecule has 1 heterocycles. The van der Waals surface area contributed by atoms with Crippen molar-refractivity contribution in [3.63, 3.8) is 0 Å². The fourth-order valence-corrected chi connectivity index (χ4v) is 0.820. The molecule has 0 saturated carbocycles. The first-order valence-electron chi connectivity index (χ1n) is 3.07. The van der Waals surface area contributed by atoms with Crippen LogP contribution in [0.3, 0.4) is 0 Å². The highest BCUT2D eigenvalue weighted by atomic mass is 16.6. The summed E-state index contributed by atoms with van der Waals surface area (Å²) in [4.78, 5) is 11.9. The number of rotatable bonds is 2. The molecular weight excluding hydrogens is 136 g/mol. The van der Waals surface area contributed by atoms with Crippen LogP contribution < -0.4 is 5.73 Å². The van der Waals surface area contributed by atoms with Crippen LogP contribution in [0.5, 0.6) is 0 Å². The van der Waals surface area contributed by atoms with Crippen LogP contribution >= 0.6 is 0 Å². The summed E-state index contributed by atoms with van der Waals surface area (Å²) in [6.45, 7) is 0.741. The zero-order valence-corrected chi connectivity index (χ0v) is 5.49. The molecule has 0 radical (unpaired) electrons. The van der Waals surface area contributed by atoms with Gasteiger partial charge < -0.3 is 15.6 Å². The van der Waals surface area contributed by atoms with E-state index in [1.54, 1.807) is 0 Å². The molecule has 1 aliphatic heterocycles. The van der Waals surface area contributed by atoms with Crippen molar-refractivity contribution < 1.29 is 14.6 Å². The Hall–Kier alpha value is -0.810. The molecule has 0 spiro atoms. The molecule has 58 valence electrons. The summed E-state index contributed by atoms with van der Waals surface area (Å²) in [6.07, 6.45) is -1.30. The van der Waals surface area contributed by atoms with Crippen molar-refractivity contribution in [3.05, 3.63) is 0 Å². The Morgan fingerprint density at radius 1 is 1.90 bits per heavy atom. The molecular formula is C5H10N2O3. The molecule has 1 saturated heterocycles. The van der Waals surface area contributed by atoms with Crippen molar-refractivity contribution in [1.82, 2.24) is 4.90 Å². The molecule has 3 N–H and O–H groups in total. The van der Waals surface area contributed by atoms with E-state index >= 15 is 0 Å². The second-order valence-corrected chi connectivity index (χ2v) is 2.04. The van der Waals surface area contributed by atoms with E-state index in [1.807, 2.05) is 0 Å². The van der Waals surface area contributed by atoms with Crippen LogP contribution in [0.2, 0.25) is 0 Å². The summed E-state index contributed by atoms with van der Waals surface area (Å²) < 4.78 is 4.51. The quantitative estimate of drug-likeness (QED) is 0.508. The maximum Gasteiger partial charge on any atom is 0.412 e. The Kier molecular flexibility index (Phi) is 2.08. The number of cyclic esters (lactones) is 1. The van der Waals surface area contributed by atoms with Crippen molar-refractivity contribution in [2.24, 2.45) is 5.73 Å². The van der Waals surface area contributed by atoms with E-state index in [0.717, 1.165) is 0 Å². The second-order valence-electron chi connectivity index (χ2n) is 2.04. The zero-order chi connectivity index (χ0) is 7.56. The summed E-state index contributed by atoms with van der Waals surface area (Å²) in [6, 6.07) is 0. The van der Waals surface area contributed by atoms with Crippen LogP contribution in [0, 0.1) is 0 Å². The van der Waals surface area contributed by atoms with Crippen LogP contribution in [0.15, 0.2) is 0 Å². The summed E-state index contributed by atoms with van der Waals surface area (Å²) in [5.74, 6) is 0. The number of ether oxygens (including phenoxy) is 1. The summed E-state index contributed by atoms with van der Waals surface area (Å²) in [7, 11) is 0. The fourth-order valence-electron chi connectivity index (χ4n) is 0.820. The number of carbonyl (C=O) groups is 1. The van der Waals surface area contributed by atoms with E-state index < -0.39 is 12.3 Å². The summed E-state index contributed by atoms with van der Waals surface area (Å²) in [5.41, 5.74) is 5.17. The summed E-state index contributed by atoms with van der Waals surface area (Å²) in [5, 5.41) is 9.02. The number of amides is 1. The highest BCUT2D eigenvalue weighted by Gasteiger charge is 2.29. The normalized spacial score (nSPS) is 25.2. The first-order valence-corrected chi connectivity index (χ1v) is 3.07. The average molecular weight is 146 g/mol. The Morgan fingerprint density at radius 3 is 3.00 bits per heavy atom. The van der Waals surface area contributed by atoms with Gasteiger partial charge in [-0.1, -0.05) is 0 Å². The van der Waals surface area contributed by atoms with Gasteiger partial charge >= 0.3 is 6.09 Å². The lowest BCUT2D eigenvalue weighted by molar-refractivity contribution is 0.0612. The van der Waals surface area contributed by atoms with Crippen molar-refractivity contribution in [1.29, 1.82) is 0 Å². The first kappa shape index (κ1) is 7.30. The maximum absolute atomic E-state index is 10.7. The van der Waals surface area contributed by atoms with Gasteiger partial charge in [0.25, 0.3) is 0 Å². The molecule has 1 fully saturated rings. The van der Waals surface area contributed by atoms with Crippen molar-refractivity contribution in [3.8, 4) is 0 Å². The minimum atomic E-state index is -0.809. The molecule has 0 aliphatic carbocycles. The fraction of sp³-hybridized carbons (Fsp3) is 0.800. The average Bonchev–Trinajstić information content (AvgIpc) is 2.20. The maximum atomic E-state index is 10.7. The van der Waals surface area contributed by atoms with Gasteiger partial charge in [0.1, 0.15) is 6.61 Å². The SMILES string of the molecule is NCCN1C(=O)OCC1O. The number of hydrogen-bond acceptors (Lipinski definition) is 4. The van der Waals surface area contributed by atoms with Gasteiger partial charge in [0.2, 0.25) is 0 Å². The highest BCUT2D eigenvalue weighted by Crippen LogP contribution is 2.07. The molecule has 0 aromatic rings. The molecule has 1 unspecified atom stereocenters. The number of carbonyl (C=O) groups excluding carboxylic acids is 1. The monoisotopic (exact) mass is 146 g/mol. The number of nitrogens with zero attached hydrogens (tertiary/aromatic N) is 1. The van der Waals surface area contributed by atoms with Crippen LogP contribution in [0.4, 0.5) is 4.79 Å². The van der Waals surface area contributed by atoms with Crippen molar-refractivity contribution >= 4 is 6.09 Å². The predicted molar refractivity (Wildman–Crippen MR) is 33.1 cm³/mol. The number of hydrogen-bond donors (Lipinski definition) is 2. The Morgan fingerprint density at radius 2 is 2.60 bits per heavy atom. The smallest absolute Gasteiger partial charge is 0.412 e. The largest absolute Gasteiger partial charge is 0.445 e. The van der Waals surface area contributed by atoms with Crippen molar-refractivity contribution in [2.45, 2.75) is 6.23 Å². The lowest BCUT2D eigenvalue weighted by Crippen LogP contribution is -2.37. The third-order valence-electron chi connectivity index (χ3n) is 1.32. The molecule has 1 amide bonds. The molecule has 1 atom stereocenters. The van der Waals surface area contributed by atoms with Crippen LogP contribution in [0.1, 0.15) is 0 Å². The molecule has 10 heavy (non-hydrogen) atoms. The van der Waals surface area contributed by atoms with E-state index in [4.69, 9.17) is 10.8 Å². The van der Waals surface area contributed by atoms with Crippen molar-refractivity contribution in [2.75, 3.05) is 19.7 Å². The van der Waals surface area contributed by atoms with Gasteiger partial charge in [-0.3, -0.25) is 4.90 Å². The van der Waals surface area contributed by atoms with Gasteiger partial charge in [0, 0.05) is 13.1 Å². The van der Waals surface area contributed by atoms with E-state index in [-0.39, 0.29) is 6.61 Å². The minimum absolute atomic E-state index is 0.0544. The van der Waals surface area contributed by atoms with E-state index in [9.17, 15) is 4.79 Å². The van der Waals surface area contributed by atoms with Gasteiger partial charge in [0.05, 0.1) is 0 Å². The number of nitrogens with two attached hydrogens (primary N) is 1. The Labute approximate surface area is 58.4 Å². The highest BCUT2D eigenvalue weighted by molar-refractivity contribution is 5.69. The van der Waals surface area contributed by atoms with Crippen LogP contribution in [0.25, 0.3) is 0 Å². The number of aliphatic hydroxyl groups is 1. The first-order chi connectivity index (χ1) is 4.75. The van der Waals surface area contributed by atoms with Gasteiger partial charge in [-0.25, -0.2) is 4.79 Å². The van der Waals surface area contributed by atoms with Crippen LogP contribution in [-0.4, -0.2) is 42.0 Å². The Bertz CT molecular complexity index is 139. The Balaban J connectivity index is 2.46.